The third kappa shape index (κ3) is 2.49. The Balaban J connectivity index is 2.12. The Hall–Kier alpha value is -1.52. The normalized spacial score (nSPS) is 20.1. The fourth-order valence-corrected chi connectivity index (χ4v) is 2.50. The number of carbonyl (C=O) groups is 1. The minimum absolute atomic E-state index is 0.0159. The lowest BCUT2D eigenvalue weighted by molar-refractivity contribution is 0.0665. The molecule has 100 valence electrons. The van der Waals surface area contributed by atoms with Gasteiger partial charge in [-0.2, -0.15) is 5.10 Å². The summed E-state index contributed by atoms with van der Waals surface area (Å²) in [6, 6.07) is 0. The molecule has 0 bridgehead atoms. The largest absolute Gasteiger partial charge is 0.396 e. The van der Waals surface area contributed by atoms with Crippen LogP contribution in [0.1, 0.15) is 43.6 Å². The summed E-state index contributed by atoms with van der Waals surface area (Å²) in [7, 11) is 0. The molecule has 2 N–H and O–H groups in total. The van der Waals surface area contributed by atoms with Gasteiger partial charge in [-0.25, -0.2) is 0 Å². The van der Waals surface area contributed by atoms with Crippen LogP contribution in [0.3, 0.4) is 0 Å². The first-order valence-corrected chi connectivity index (χ1v) is 6.77. The summed E-state index contributed by atoms with van der Waals surface area (Å²) >= 11 is 0. The molecule has 1 saturated heterocycles. The van der Waals surface area contributed by atoms with Gasteiger partial charge in [0.25, 0.3) is 5.91 Å². The predicted octanol–water partition coefficient (Wildman–Crippen LogP) is 1.75. The van der Waals surface area contributed by atoms with Crippen molar-refractivity contribution in [2.24, 2.45) is 5.92 Å². The molecule has 1 unspecified atom stereocenters. The maximum Gasteiger partial charge on any atom is 0.276 e. The third-order valence-electron chi connectivity index (χ3n) is 3.70. The van der Waals surface area contributed by atoms with Gasteiger partial charge in [-0.15, -0.1) is 0 Å². The van der Waals surface area contributed by atoms with E-state index < -0.39 is 0 Å². The second-order valence-electron chi connectivity index (χ2n) is 4.96. The van der Waals surface area contributed by atoms with E-state index in [9.17, 15) is 4.79 Å². The molecule has 2 heterocycles. The van der Waals surface area contributed by atoms with Gasteiger partial charge in [0.1, 0.15) is 0 Å². The van der Waals surface area contributed by atoms with E-state index in [2.05, 4.69) is 12.0 Å². The van der Waals surface area contributed by atoms with E-state index in [4.69, 9.17) is 5.73 Å². The van der Waals surface area contributed by atoms with E-state index in [0.717, 1.165) is 32.5 Å². The highest BCUT2D eigenvalue weighted by Gasteiger charge is 2.26. The number of rotatable bonds is 3. The Morgan fingerprint density at radius 1 is 1.56 bits per heavy atom. The molecular weight excluding hydrogens is 228 g/mol. The van der Waals surface area contributed by atoms with Gasteiger partial charge >= 0.3 is 0 Å². The Kier molecular flexibility index (Phi) is 3.89. The summed E-state index contributed by atoms with van der Waals surface area (Å²) in [6.07, 6.45) is 5.16. The number of piperidine rings is 1. The van der Waals surface area contributed by atoms with Crippen molar-refractivity contribution in [1.82, 2.24) is 14.7 Å². The summed E-state index contributed by atoms with van der Waals surface area (Å²) < 4.78 is 1.71. The van der Waals surface area contributed by atoms with Crippen LogP contribution >= 0.6 is 0 Å². The van der Waals surface area contributed by atoms with Crippen molar-refractivity contribution in [2.75, 3.05) is 18.8 Å². The lowest BCUT2D eigenvalue weighted by Crippen LogP contribution is -2.40. The number of nitrogens with zero attached hydrogens (tertiary/aromatic N) is 3. The number of nitrogen functional groups attached to an aromatic ring is 1. The highest BCUT2D eigenvalue weighted by atomic mass is 16.2. The Labute approximate surface area is 108 Å². The molecule has 5 nitrogen and oxygen atoms in total. The van der Waals surface area contributed by atoms with Crippen molar-refractivity contribution < 1.29 is 4.79 Å². The molecule has 1 aromatic rings. The highest BCUT2D eigenvalue weighted by Crippen LogP contribution is 2.22. The zero-order valence-corrected chi connectivity index (χ0v) is 11.2. The van der Waals surface area contributed by atoms with E-state index >= 15 is 0 Å². The molecule has 1 aromatic heterocycles. The fraction of sp³-hybridized carbons (Fsp3) is 0.692. The summed E-state index contributed by atoms with van der Waals surface area (Å²) in [5.41, 5.74) is 6.76. The molecule has 1 atom stereocenters. The highest BCUT2D eigenvalue weighted by molar-refractivity contribution is 5.97. The molecule has 1 amide bonds. The van der Waals surface area contributed by atoms with E-state index in [1.165, 1.54) is 6.42 Å². The topological polar surface area (TPSA) is 64.2 Å². The monoisotopic (exact) mass is 250 g/mol. The molecule has 0 saturated carbocycles. The molecule has 18 heavy (non-hydrogen) atoms. The summed E-state index contributed by atoms with van der Waals surface area (Å²) in [6.45, 7) is 6.56. The van der Waals surface area contributed by atoms with Crippen molar-refractivity contribution in [3.05, 3.63) is 11.9 Å². The Morgan fingerprint density at radius 2 is 2.33 bits per heavy atom. The number of hydrogen-bond acceptors (Lipinski definition) is 3. The predicted molar refractivity (Wildman–Crippen MR) is 71.2 cm³/mol. The summed E-state index contributed by atoms with van der Waals surface area (Å²) in [4.78, 5) is 14.3. The van der Waals surface area contributed by atoms with Gasteiger partial charge in [-0.3, -0.25) is 9.48 Å². The molecule has 0 aliphatic carbocycles. The van der Waals surface area contributed by atoms with Crippen molar-refractivity contribution in [2.45, 2.75) is 39.7 Å². The average Bonchev–Trinajstić information content (AvgIpc) is 2.79. The smallest absolute Gasteiger partial charge is 0.276 e. The first-order chi connectivity index (χ1) is 8.65. The lowest BCUT2D eigenvalue weighted by Gasteiger charge is -2.31. The van der Waals surface area contributed by atoms with Gasteiger partial charge in [-0.05, 0) is 25.7 Å². The van der Waals surface area contributed by atoms with Gasteiger partial charge in [0.2, 0.25) is 0 Å². The molecule has 0 aromatic carbocycles. The molecule has 5 heteroatoms. The number of hydrogen-bond donors (Lipinski definition) is 1. The number of likely N-dealkylation sites (tertiary alicyclic amines) is 1. The third-order valence-corrected chi connectivity index (χ3v) is 3.70. The van der Waals surface area contributed by atoms with Crippen LogP contribution in [0.25, 0.3) is 0 Å². The lowest BCUT2D eigenvalue weighted by atomic mass is 9.95. The van der Waals surface area contributed by atoms with E-state index in [-0.39, 0.29) is 5.91 Å². The van der Waals surface area contributed by atoms with Gasteiger partial charge in [0.15, 0.2) is 5.69 Å². The van der Waals surface area contributed by atoms with Crippen LogP contribution in [0.4, 0.5) is 5.69 Å². The maximum atomic E-state index is 12.4. The van der Waals surface area contributed by atoms with Gasteiger partial charge in [0, 0.05) is 25.8 Å². The van der Waals surface area contributed by atoms with Crippen LogP contribution in [-0.4, -0.2) is 33.7 Å². The number of aryl methyl sites for hydroxylation is 1. The van der Waals surface area contributed by atoms with Crippen LogP contribution in [0.15, 0.2) is 6.20 Å². The first kappa shape index (κ1) is 12.9. The molecule has 1 fully saturated rings. The molecule has 1 aliphatic rings. The number of amides is 1. The average molecular weight is 250 g/mol. The standard InChI is InChI=1S/C13H22N4O/c1-3-10-6-5-7-16(8-10)13(18)12-11(14)9-17(4-2)15-12/h9-10H,3-8,14H2,1-2H3. The quantitative estimate of drug-likeness (QED) is 0.888. The minimum Gasteiger partial charge on any atom is -0.396 e. The zero-order valence-electron chi connectivity index (χ0n) is 11.2. The Morgan fingerprint density at radius 3 is 2.94 bits per heavy atom. The van der Waals surface area contributed by atoms with Crippen LogP contribution < -0.4 is 5.73 Å². The first-order valence-electron chi connectivity index (χ1n) is 6.77. The SMILES string of the molecule is CCC1CCCN(C(=O)c2nn(CC)cc2N)C1. The Bertz CT molecular complexity index is 427. The molecule has 0 spiro atoms. The van der Waals surface area contributed by atoms with Gasteiger partial charge < -0.3 is 10.6 Å². The fourth-order valence-electron chi connectivity index (χ4n) is 2.50. The molecule has 2 rings (SSSR count). The van der Waals surface area contributed by atoms with Crippen LogP contribution in [0.2, 0.25) is 0 Å². The van der Waals surface area contributed by atoms with E-state index in [0.29, 0.717) is 17.3 Å². The van der Waals surface area contributed by atoms with Crippen LogP contribution in [-0.2, 0) is 6.54 Å². The summed E-state index contributed by atoms with van der Waals surface area (Å²) in [5, 5.41) is 4.25. The van der Waals surface area contributed by atoms with Crippen molar-refractivity contribution in [1.29, 1.82) is 0 Å². The van der Waals surface area contributed by atoms with Crippen LogP contribution in [0, 0.1) is 5.92 Å². The van der Waals surface area contributed by atoms with E-state index in [1.807, 2.05) is 11.8 Å². The van der Waals surface area contributed by atoms with Crippen molar-refractivity contribution >= 4 is 11.6 Å². The number of aromatic nitrogens is 2. The maximum absolute atomic E-state index is 12.4. The number of anilines is 1. The van der Waals surface area contributed by atoms with Crippen LogP contribution in [0.5, 0.6) is 0 Å². The molecule has 0 radical (unpaired) electrons. The van der Waals surface area contributed by atoms with Gasteiger partial charge in [0.05, 0.1) is 5.69 Å². The minimum atomic E-state index is -0.0159. The summed E-state index contributed by atoms with van der Waals surface area (Å²) in [5.74, 6) is 0.607. The van der Waals surface area contributed by atoms with Gasteiger partial charge in [-0.1, -0.05) is 13.3 Å². The second-order valence-corrected chi connectivity index (χ2v) is 4.96. The second kappa shape index (κ2) is 5.42. The van der Waals surface area contributed by atoms with E-state index in [1.54, 1.807) is 10.9 Å². The number of carbonyl (C=O) groups excluding carboxylic acids is 1. The number of nitrogens with two attached hydrogens (primary N) is 1. The molecule has 1 aliphatic heterocycles. The zero-order chi connectivity index (χ0) is 13.1. The van der Waals surface area contributed by atoms with Crippen molar-refractivity contribution in [3.63, 3.8) is 0 Å². The molecular formula is C13H22N4O. The van der Waals surface area contributed by atoms with Crippen molar-refractivity contribution in [3.8, 4) is 0 Å².